The number of alkyl halides is 2. The van der Waals surface area contributed by atoms with Crippen molar-refractivity contribution in [3.63, 3.8) is 0 Å². The van der Waals surface area contributed by atoms with Gasteiger partial charge < -0.3 is 9.42 Å². The summed E-state index contributed by atoms with van der Waals surface area (Å²) in [6.45, 7) is -1.09. The summed E-state index contributed by atoms with van der Waals surface area (Å²) < 4.78 is 40.9. The molecule has 1 aromatic rings. The SMILES string of the molecule is O=C(CO[PH](=O)O)C(F)(F)c1ccccc1. The van der Waals surface area contributed by atoms with E-state index in [2.05, 4.69) is 4.52 Å². The van der Waals surface area contributed by atoms with Gasteiger partial charge in [0.05, 0.1) is 0 Å². The lowest BCUT2D eigenvalue weighted by Gasteiger charge is -2.14. The molecule has 0 aliphatic rings. The summed E-state index contributed by atoms with van der Waals surface area (Å²) in [5.74, 6) is -5.26. The highest BCUT2D eigenvalue weighted by Gasteiger charge is 2.40. The molecule has 0 radical (unpaired) electrons. The van der Waals surface area contributed by atoms with Crippen molar-refractivity contribution in [3.8, 4) is 0 Å². The number of Topliss-reactive ketones (excluding diaryl/α,β-unsaturated/α-hetero) is 1. The maximum Gasteiger partial charge on any atom is 0.332 e. The maximum atomic E-state index is 13.4. The summed E-state index contributed by atoms with van der Waals surface area (Å²) in [6.07, 6.45) is 0. The van der Waals surface area contributed by atoms with Crippen LogP contribution in [0.5, 0.6) is 0 Å². The Bertz CT molecular complexity index is 394. The van der Waals surface area contributed by atoms with Crippen LogP contribution in [0.15, 0.2) is 30.3 Å². The Morgan fingerprint density at radius 3 is 2.44 bits per heavy atom. The molecule has 0 heterocycles. The van der Waals surface area contributed by atoms with Crippen molar-refractivity contribution in [2.45, 2.75) is 5.92 Å². The van der Waals surface area contributed by atoms with E-state index in [0.29, 0.717) is 0 Å². The van der Waals surface area contributed by atoms with Gasteiger partial charge in [0.25, 0.3) is 0 Å². The van der Waals surface area contributed by atoms with E-state index in [9.17, 15) is 18.1 Å². The predicted octanol–water partition coefficient (Wildman–Crippen LogP) is 1.75. The molecular formula is C9H9F2O4P. The number of carbonyl (C=O) groups is 1. The first-order chi connectivity index (χ1) is 7.44. The second kappa shape index (κ2) is 5.30. The molecular weight excluding hydrogens is 241 g/mol. The molecule has 0 bridgehead atoms. The lowest BCUT2D eigenvalue weighted by atomic mass is 10.1. The van der Waals surface area contributed by atoms with E-state index < -0.39 is 32.1 Å². The van der Waals surface area contributed by atoms with E-state index in [1.807, 2.05) is 0 Å². The van der Waals surface area contributed by atoms with Crippen molar-refractivity contribution in [2.24, 2.45) is 0 Å². The third-order valence-electron chi connectivity index (χ3n) is 1.81. The number of rotatable bonds is 5. The molecule has 0 saturated heterocycles. The van der Waals surface area contributed by atoms with Gasteiger partial charge in [0.2, 0.25) is 5.78 Å². The number of hydrogen-bond donors (Lipinski definition) is 1. The highest BCUT2D eigenvalue weighted by atomic mass is 31.1. The second-order valence-electron chi connectivity index (χ2n) is 2.92. The van der Waals surface area contributed by atoms with Crippen molar-refractivity contribution < 1.29 is 27.6 Å². The Hall–Kier alpha value is -1.10. The number of halogens is 2. The standard InChI is InChI=1S/C9H9F2O4P/c10-9(11,7-4-2-1-3-5-7)8(12)6-15-16(13)14/h1-5,16H,6H2,(H,13,14). The van der Waals surface area contributed by atoms with Gasteiger partial charge in [-0.3, -0.25) is 9.36 Å². The molecule has 1 rings (SSSR count). The van der Waals surface area contributed by atoms with Gasteiger partial charge in [-0.25, -0.2) is 0 Å². The summed E-state index contributed by atoms with van der Waals surface area (Å²) in [4.78, 5) is 19.3. The lowest BCUT2D eigenvalue weighted by Crippen LogP contribution is -2.29. The monoisotopic (exact) mass is 250 g/mol. The average molecular weight is 250 g/mol. The van der Waals surface area contributed by atoms with Crippen LogP contribution in [0, 0.1) is 0 Å². The van der Waals surface area contributed by atoms with Crippen LogP contribution in [0.3, 0.4) is 0 Å². The summed E-state index contributed by atoms with van der Waals surface area (Å²) >= 11 is 0. The summed E-state index contributed by atoms with van der Waals surface area (Å²) in [5.41, 5.74) is -0.471. The number of benzene rings is 1. The fraction of sp³-hybridized carbons (Fsp3) is 0.222. The molecule has 1 atom stereocenters. The molecule has 0 aliphatic heterocycles. The number of carbonyl (C=O) groups excluding carboxylic acids is 1. The molecule has 1 aromatic carbocycles. The van der Waals surface area contributed by atoms with Crippen molar-refractivity contribution in [1.82, 2.24) is 0 Å². The highest BCUT2D eigenvalue weighted by Crippen LogP contribution is 2.29. The number of hydrogen-bond acceptors (Lipinski definition) is 3. The van der Waals surface area contributed by atoms with Gasteiger partial charge in [0.15, 0.2) is 0 Å². The molecule has 7 heteroatoms. The normalized spacial score (nSPS) is 13.4. The topological polar surface area (TPSA) is 63.6 Å². The van der Waals surface area contributed by atoms with Gasteiger partial charge in [-0.05, 0) is 0 Å². The van der Waals surface area contributed by atoms with E-state index in [1.54, 1.807) is 0 Å². The first-order valence-corrected chi connectivity index (χ1v) is 5.53. The van der Waals surface area contributed by atoms with E-state index in [1.165, 1.54) is 18.2 Å². The van der Waals surface area contributed by atoms with Crippen LogP contribution < -0.4 is 0 Å². The largest absolute Gasteiger partial charge is 0.332 e. The molecule has 0 aliphatic carbocycles. The van der Waals surface area contributed by atoms with Gasteiger partial charge in [0.1, 0.15) is 6.61 Å². The van der Waals surface area contributed by atoms with Gasteiger partial charge in [-0.1, -0.05) is 30.3 Å². The molecule has 16 heavy (non-hydrogen) atoms. The second-order valence-corrected chi connectivity index (χ2v) is 3.74. The van der Waals surface area contributed by atoms with Gasteiger partial charge in [-0.2, -0.15) is 8.78 Å². The minimum atomic E-state index is -3.71. The first-order valence-electron chi connectivity index (χ1n) is 4.27. The van der Waals surface area contributed by atoms with Crippen LogP contribution in [-0.2, 0) is 19.8 Å². The van der Waals surface area contributed by atoms with Crippen molar-refractivity contribution in [2.75, 3.05) is 6.61 Å². The predicted molar refractivity (Wildman–Crippen MR) is 52.5 cm³/mol. The van der Waals surface area contributed by atoms with Crippen LogP contribution >= 0.6 is 8.25 Å². The molecule has 0 aromatic heterocycles. The molecule has 88 valence electrons. The molecule has 1 unspecified atom stereocenters. The van der Waals surface area contributed by atoms with Gasteiger partial charge in [0, 0.05) is 5.56 Å². The van der Waals surface area contributed by atoms with E-state index in [4.69, 9.17) is 4.89 Å². The fourth-order valence-electron chi connectivity index (χ4n) is 1.03. The zero-order chi connectivity index (χ0) is 12.2. The van der Waals surface area contributed by atoms with Gasteiger partial charge in [-0.15, -0.1) is 0 Å². The minimum absolute atomic E-state index is 0.471. The third-order valence-corrected chi connectivity index (χ3v) is 2.20. The van der Waals surface area contributed by atoms with Crippen LogP contribution in [0.1, 0.15) is 5.56 Å². The zero-order valence-corrected chi connectivity index (χ0v) is 9.02. The molecule has 0 amide bonds. The van der Waals surface area contributed by atoms with E-state index >= 15 is 0 Å². The minimum Gasteiger partial charge on any atom is -0.326 e. The molecule has 4 nitrogen and oxygen atoms in total. The average Bonchev–Trinajstić information content (AvgIpc) is 2.27. The zero-order valence-electron chi connectivity index (χ0n) is 8.02. The van der Waals surface area contributed by atoms with Crippen LogP contribution in [-0.4, -0.2) is 17.3 Å². The summed E-state index contributed by atoms with van der Waals surface area (Å²) in [6, 6.07) is 6.46. The van der Waals surface area contributed by atoms with E-state index in [0.717, 1.165) is 12.1 Å². The van der Waals surface area contributed by atoms with Gasteiger partial charge >= 0.3 is 14.2 Å². The third kappa shape index (κ3) is 3.20. The quantitative estimate of drug-likeness (QED) is 0.808. The Kier molecular flexibility index (Phi) is 4.29. The van der Waals surface area contributed by atoms with Crippen molar-refractivity contribution in [1.29, 1.82) is 0 Å². The van der Waals surface area contributed by atoms with Crippen LogP contribution in [0.25, 0.3) is 0 Å². The van der Waals surface area contributed by atoms with Crippen molar-refractivity contribution in [3.05, 3.63) is 35.9 Å². The molecule has 0 fully saturated rings. The Labute approximate surface area is 90.8 Å². The molecule has 0 saturated carbocycles. The molecule has 0 spiro atoms. The smallest absolute Gasteiger partial charge is 0.326 e. The molecule has 1 N–H and O–H groups in total. The van der Waals surface area contributed by atoms with Crippen LogP contribution in [0.4, 0.5) is 8.78 Å². The van der Waals surface area contributed by atoms with E-state index in [-0.39, 0.29) is 0 Å². The highest BCUT2D eigenvalue weighted by molar-refractivity contribution is 7.32. The Balaban J connectivity index is 2.78. The summed E-state index contributed by atoms with van der Waals surface area (Å²) in [7, 11) is -3.37. The lowest BCUT2D eigenvalue weighted by molar-refractivity contribution is -0.146. The Morgan fingerprint density at radius 2 is 1.94 bits per heavy atom. The van der Waals surface area contributed by atoms with Crippen LogP contribution in [0.2, 0.25) is 0 Å². The maximum absolute atomic E-state index is 13.4. The number of ketones is 1. The first kappa shape index (κ1) is 13.0. The fourth-order valence-corrected chi connectivity index (χ4v) is 1.28. The van der Waals surface area contributed by atoms with Crippen molar-refractivity contribution >= 4 is 14.0 Å². The Morgan fingerprint density at radius 1 is 1.38 bits per heavy atom. The summed E-state index contributed by atoms with van der Waals surface area (Å²) in [5, 5.41) is 0.